The van der Waals surface area contributed by atoms with Crippen molar-refractivity contribution in [2.75, 3.05) is 6.54 Å². The van der Waals surface area contributed by atoms with Crippen LogP contribution >= 0.6 is 0 Å². The van der Waals surface area contributed by atoms with Crippen molar-refractivity contribution in [2.45, 2.75) is 6.32 Å². The summed E-state index contributed by atoms with van der Waals surface area (Å²) in [4.78, 5) is 0. The van der Waals surface area contributed by atoms with Crippen LogP contribution in [-0.2, 0) is 0 Å². The highest BCUT2D eigenvalue weighted by Crippen LogP contribution is 1.51. The van der Waals surface area contributed by atoms with Gasteiger partial charge in [0.05, 0.1) is 7.85 Å². The lowest BCUT2D eigenvalue weighted by Crippen LogP contribution is -1.94. The standard InChI is InChI=1S/C2H6BN/c3-1-2-4/h1-2,4H2. The maximum absolute atomic E-state index is 4.90. The molecule has 1 nitrogen and oxygen atoms in total. The third-order valence-corrected chi connectivity index (χ3v) is 0.167. The monoisotopic (exact) mass is 55.1 g/mol. The number of hydrogen-bond acceptors (Lipinski definition) is 1. The first kappa shape index (κ1) is 4.02. The molecule has 0 aliphatic heterocycles. The molecular weight excluding hydrogens is 48.8 g/mol. The summed E-state index contributed by atoms with van der Waals surface area (Å²) in [5.41, 5.74) is 4.90. The van der Waals surface area contributed by atoms with Crippen molar-refractivity contribution < 1.29 is 0 Å². The minimum Gasteiger partial charge on any atom is -0.331 e. The molecule has 0 aromatic carbocycles. The van der Waals surface area contributed by atoms with Crippen LogP contribution in [0.3, 0.4) is 0 Å². The van der Waals surface area contributed by atoms with Gasteiger partial charge in [-0.15, -0.1) is 0 Å². The number of hydrogen-bond donors (Lipinski definition) is 1. The molecule has 0 saturated heterocycles. The Balaban J connectivity index is 1.97. The third kappa shape index (κ3) is 2.02. The van der Waals surface area contributed by atoms with Crippen molar-refractivity contribution in [1.29, 1.82) is 0 Å². The zero-order valence-electron chi connectivity index (χ0n) is 2.57. The maximum atomic E-state index is 4.90. The summed E-state index contributed by atoms with van der Waals surface area (Å²) in [6.07, 6.45) is 0.597. The van der Waals surface area contributed by atoms with E-state index in [4.69, 9.17) is 13.6 Å². The van der Waals surface area contributed by atoms with Crippen molar-refractivity contribution in [1.82, 2.24) is 0 Å². The van der Waals surface area contributed by atoms with Gasteiger partial charge in [-0.1, -0.05) is 6.32 Å². The van der Waals surface area contributed by atoms with Gasteiger partial charge in [-0.05, 0) is 6.54 Å². The molecular formula is C2H6BN. The molecule has 22 valence electrons. The first-order valence-corrected chi connectivity index (χ1v) is 1.32. The molecule has 0 unspecified atom stereocenters. The molecule has 0 aliphatic rings. The van der Waals surface area contributed by atoms with E-state index in [1.165, 1.54) is 0 Å². The SMILES string of the molecule is [B]CCN. The minimum atomic E-state index is 0.597. The Bertz CT molecular complexity index is 8.00. The highest BCUT2D eigenvalue weighted by molar-refractivity contribution is 6.08. The second-order valence-corrected chi connectivity index (χ2v) is 0.577. The Kier molecular flexibility index (Phi) is 3.04. The van der Waals surface area contributed by atoms with E-state index < -0.39 is 0 Å². The van der Waals surface area contributed by atoms with Crippen LogP contribution < -0.4 is 5.73 Å². The van der Waals surface area contributed by atoms with Gasteiger partial charge in [-0.25, -0.2) is 0 Å². The first-order valence-electron chi connectivity index (χ1n) is 1.32. The predicted molar refractivity (Wildman–Crippen MR) is 19.6 cm³/mol. The van der Waals surface area contributed by atoms with Gasteiger partial charge in [0.1, 0.15) is 0 Å². The van der Waals surface area contributed by atoms with Crippen LogP contribution in [0, 0.1) is 0 Å². The van der Waals surface area contributed by atoms with Gasteiger partial charge in [0.25, 0.3) is 0 Å². The highest BCUT2D eigenvalue weighted by atomic mass is 14.5. The third-order valence-electron chi connectivity index (χ3n) is 0.167. The number of rotatable bonds is 1. The lowest BCUT2D eigenvalue weighted by molar-refractivity contribution is 1.13. The van der Waals surface area contributed by atoms with Gasteiger partial charge in [0.2, 0.25) is 0 Å². The fourth-order valence-electron chi connectivity index (χ4n) is 0. The highest BCUT2D eigenvalue weighted by Gasteiger charge is 1.56. The van der Waals surface area contributed by atoms with Crippen molar-refractivity contribution in [2.24, 2.45) is 5.73 Å². The Morgan fingerprint density at radius 3 is 2.00 bits per heavy atom. The largest absolute Gasteiger partial charge is 0.331 e. The zero-order valence-corrected chi connectivity index (χ0v) is 2.57. The number of nitrogens with two attached hydrogens (primary N) is 1. The van der Waals surface area contributed by atoms with E-state index in [0.717, 1.165) is 0 Å². The molecule has 2 radical (unpaired) electrons. The molecule has 0 aromatic heterocycles. The molecule has 2 N–H and O–H groups in total. The second kappa shape index (κ2) is 3.02. The van der Waals surface area contributed by atoms with Gasteiger partial charge >= 0.3 is 0 Å². The minimum absolute atomic E-state index is 0.597. The summed E-state index contributed by atoms with van der Waals surface area (Å²) >= 11 is 0. The van der Waals surface area contributed by atoms with Gasteiger partial charge in [0, 0.05) is 0 Å². The Hall–Kier alpha value is 0.0249. The molecule has 0 bridgehead atoms. The van der Waals surface area contributed by atoms with Crippen LogP contribution in [0.2, 0.25) is 6.32 Å². The topological polar surface area (TPSA) is 26.0 Å². The van der Waals surface area contributed by atoms with E-state index in [1.807, 2.05) is 0 Å². The molecule has 0 aliphatic carbocycles. The maximum Gasteiger partial charge on any atom is 0.0670 e. The molecule has 0 fully saturated rings. The summed E-state index contributed by atoms with van der Waals surface area (Å²) in [6, 6.07) is 0. The van der Waals surface area contributed by atoms with E-state index in [-0.39, 0.29) is 0 Å². The van der Waals surface area contributed by atoms with Crippen molar-refractivity contribution in [3.05, 3.63) is 0 Å². The molecule has 0 spiro atoms. The van der Waals surface area contributed by atoms with Crippen molar-refractivity contribution in [3.8, 4) is 0 Å². The molecule has 0 amide bonds. The van der Waals surface area contributed by atoms with E-state index in [9.17, 15) is 0 Å². The predicted octanol–water partition coefficient (Wildman–Crippen LogP) is -0.468. The molecule has 0 rings (SSSR count). The van der Waals surface area contributed by atoms with Crippen LogP contribution in [0.1, 0.15) is 0 Å². The molecule has 0 aromatic rings. The zero-order chi connectivity index (χ0) is 3.41. The van der Waals surface area contributed by atoms with Crippen LogP contribution in [0.25, 0.3) is 0 Å². The summed E-state index contributed by atoms with van der Waals surface area (Å²) in [6.45, 7) is 0.597. The summed E-state index contributed by atoms with van der Waals surface area (Å²) in [5.74, 6) is 0. The summed E-state index contributed by atoms with van der Waals surface area (Å²) < 4.78 is 0. The van der Waals surface area contributed by atoms with Crippen molar-refractivity contribution in [3.63, 3.8) is 0 Å². The average Bonchev–Trinajstić information content (AvgIpc) is 1.37. The Labute approximate surface area is 27.6 Å². The van der Waals surface area contributed by atoms with Gasteiger partial charge in [0.15, 0.2) is 0 Å². The average molecular weight is 54.9 g/mol. The lowest BCUT2D eigenvalue weighted by atomic mass is 10.1. The molecule has 0 atom stereocenters. The van der Waals surface area contributed by atoms with Gasteiger partial charge in [-0.2, -0.15) is 0 Å². The van der Waals surface area contributed by atoms with E-state index in [0.29, 0.717) is 12.9 Å². The molecule has 4 heavy (non-hydrogen) atoms. The van der Waals surface area contributed by atoms with Crippen LogP contribution in [-0.4, -0.2) is 14.4 Å². The van der Waals surface area contributed by atoms with E-state index in [2.05, 4.69) is 0 Å². The van der Waals surface area contributed by atoms with Gasteiger partial charge in [-0.3, -0.25) is 0 Å². The second-order valence-electron chi connectivity index (χ2n) is 0.577. The van der Waals surface area contributed by atoms with Crippen LogP contribution in [0.15, 0.2) is 0 Å². The Morgan fingerprint density at radius 2 is 2.00 bits per heavy atom. The molecule has 0 saturated carbocycles. The quantitative estimate of drug-likeness (QED) is 0.403. The lowest BCUT2D eigenvalue weighted by Gasteiger charge is -1.70. The van der Waals surface area contributed by atoms with Crippen LogP contribution in [0.4, 0.5) is 0 Å². The summed E-state index contributed by atoms with van der Waals surface area (Å²) in [5, 5.41) is 0. The Morgan fingerprint density at radius 1 is 1.75 bits per heavy atom. The normalized spacial score (nSPS) is 7.25. The fraction of sp³-hybridized carbons (Fsp3) is 1.00. The van der Waals surface area contributed by atoms with E-state index in [1.54, 1.807) is 0 Å². The van der Waals surface area contributed by atoms with Crippen LogP contribution in [0.5, 0.6) is 0 Å². The molecule has 0 heterocycles. The van der Waals surface area contributed by atoms with E-state index >= 15 is 0 Å². The summed E-state index contributed by atoms with van der Waals surface area (Å²) in [7, 11) is 4.90. The fourth-order valence-corrected chi connectivity index (χ4v) is 0. The smallest absolute Gasteiger partial charge is 0.0670 e. The van der Waals surface area contributed by atoms with Gasteiger partial charge < -0.3 is 5.73 Å². The van der Waals surface area contributed by atoms with Crippen molar-refractivity contribution >= 4 is 7.85 Å². The first-order chi connectivity index (χ1) is 1.91. The molecule has 2 heteroatoms.